The second kappa shape index (κ2) is 4.64. The maximum atomic E-state index is 12.7. The van der Waals surface area contributed by atoms with Crippen LogP contribution in [-0.2, 0) is 11.3 Å². The fourth-order valence-electron chi connectivity index (χ4n) is 1.51. The number of benzene rings is 1. The van der Waals surface area contributed by atoms with E-state index in [4.69, 9.17) is 0 Å². The molecule has 0 unspecified atom stereocenters. The van der Waals surface area contributed by atoms with Crippen LogP contribution in [0.3, 0.4) is 0 Å². The minimum absolute atomic E-state index is 0.0804. The van der Waals surface area contributed by atoms with Crippen molar-refractivity contribution < 1.29 is 9.18 Å². The van der Waals surface area contributed by atoms with Crippen molar-refractivity contribution in [1.82, 2.24) is 4.90 Å². The molecule has 0 saturated carbocycles. The predicted molar refractivity (Wildman–Crippen MR) is 62.3 cm³/mol. The van der Waals surface area contributed by atoms with E-state index in [1.807, 2.05) is 20.8 Å². The van der Waals surface area contributed by atoms with Crippen molar-refractivity contribution in [2.75, 3.05) is 7.05 Å². The first-order valence-electron chi connectivity index (χ1n) is 5.31. The number of carbonyl (C=O) groups excluding carboxylic acids is 1. The first-order chi connectivity index (χ1) is 7.30. The summed E-state index contributed by atoms with van der Waals surface area (Å²) in [5.41, 5.74) is 0.552. The highest BCUT2D eigenvalue weighted by Gasteiger charge is 2.24. The molecule has 88 valence electrons. The number of rotatable bonds is 2. The van der Waals surface area contributed by atoms with Crippen LogP contribution in [0.2, 0.25) is 0 Å². The number of amides is 1. The van der Waals surface area contributed by atoms with E-state index in [1.165, 1.54) is 12.1 Å². The molecule has 0 fully saturated rings. The SMILES string of the molecule is CN(Cc1ccc(F)cc1)C(=O)C(C)(C)C. The molecule has 0 aliphatic rings. The number of halogens is 1. The quantitative estimate of drug-likeness (QED) is 0.755. The molecule has 1 amide bonds. The van der Waals surface area contributed by atoms with E-state index in [1.54, 1.807) is 24.1 Å². The van der Waals surface area contributed by atoms with E-state index in [0.29, 0.717) is 6.54 Å². The average Bonchev–Trinajstić information content (AvgIpc) is 2.19. The third kappa shape index (κ3) is 3.33. The van der Waals surface area contributed by atoms with Gasteiger partial charge in [-0.1, -0.05) is 32.9 Å². The predicted octanol–water partition coefficient (Wildman–Crippen LogP) is 2.83. The van der Waals surface area contributed by atoms with Crippen LogP contribution in [0.1, 0.15) is 26.3 Å². The van der Waals surface area contributed by atoms with Crippen LogP contribution in [0, 0.1) is 11.2 Å². The average molecular weight is 223 g/mol. The lowest BCUT2D eigenvalue weighted by Crippen LogP contribution is -2.36. The van der Waals surface area contributed by atoms with Crippen LogP contribution in [-0.4, -0.2) is 17.9 Å². The van der Waals surface area contributed by atoms with Gasteiger partial charge in [-0.2, -0.15) is 0 Å². The lowest BCUT2D eigenvalue weighted by Gasteiger charge is -2.26. The minimum atomic E-state index is -0.380. The number of carbonyl (C=O) groups is 1. The van der Waals surface area contributed by atoms with E-state index < -0.39 is 0 Å². The van der Waals surface area contributed by atoms with Gasteiger partial charge in [0.15, 0.2) is 0 Å². The first-order valence-corrected chi connectivity index (χ1v) is 5.31. The van der Waals surface area contributed by atoms with Gasteiger partial charge in [-0.05, 0) is 17.7 Å². The second-order valence-corrected chi connectivity index (χ2v) is 5.04. The van der Waals surface area contributed by atoms with Crippen LogP contribution in [0.4, 0.5) is 4.39 Å². The van der Waals surface area contributed by atoms with E-state index >= 15 is 0 Å². The van der Waals surface area contributed by atoms with Crippen molar-refractivity contribution in [3.63, 3.8) is 0 Å². The molecule has 0 aliphatic carbocycles. The molecule has 0 aromatic heterocycles. The Kier molecular flexibility index (Phi) is 3.68. The van der Waals surface area contributed by atoms with E-state index in [-0.39, 0.29) is 17.1 Å². The Morgan fingerprint density at radius 1 is 1.25 bits per heavy atom. The zero-order valence-corrected chi connectivity index (χ0v) is 10.2. The zero-order chi connectivity index (χ0) is 12.3. The fourth-order valence-corrected chi connectivity index (χ4v) is 1.51. The van der Waals surface area contributed by atoms with E-state index in [0.717, 1.165) is 5.56 Å². The molecule has 0 aliphatic heterocycles. The summed E-state index contributed by atoms with van der Waals surface area (Å²) < 4.78 is 12.7. The van der Waals surface area contributed by atoms with Crippen LogP contribution < -0.4 is 0 Å². The summed E-state index contributed by atoms with van der Waals surface area (Å²) in [4.78, 5) is 13.5. The summed E-state index contributed by atoms with van der Waals surface area (Å²) in [6.07, 6.45) is 0. The van der Waals surface area contributed by atoms with Crippen LogP contribution in [0.25, 0.3) is 0 Å². The highest BCUT2D eigenvalue weighted by atomic mass is 19.1. The highest BCUT2D eigenvalue weighted by Crippen LogP contribution is 2.18. The lowest BCUT2D eigenvalue weighted by atomic mass is 9.95. The van der Waals surface area contributed by atoms with Crippen molar-refractivity contribution in [2.24, 2.45) is 5.41 Å². The Bertz CT molecular complexity index is 365. The monoisotopic (exact) mass is 223 g/mol. The molecule has 0 heterocycles. The summed E-state index contributed by atoms with van der Waals surface area (Å²) in [6, 6.07) is 6.21. The molecule has 0 radical (unpaired) electrons. The molecule has 0 atom stereocenters. The summed E-state index contributed by atoms with van der Waals surface area (Å²) in [7, 11) is 1.76. The third-order valence-electron chi connectivity index (χ3n) is 2.32. The Morgan fingerprint density at radius 2 is 1.75 bits per heavy atom. The summed E-state index contributed by atoms with van der Waals surface area (Å²) in [6.45, 7) is 6.17. The van der Waals surface area contributed by atoms with Gasteiger partial charge in [0.05, 0.1) is 0 Å². The first kappa shape index (κ1) is 12.7. The fraction of sp³-hybridized carbons (Fsp3) is 0.462. The van der Waals surface area contributed by atoms with Crippen molar-refractivity contribution in [2.45, 2.75) is 27.3 Å². The van der Waals surface area contributed by atoms with Crippen molar-refractivity contribution in [3.05, 3.63) is 35.6 Å². The molecule has 16 heavy (non-hydrogen) atoms. The third-order valence-corrected chi connectivity index (χ3v) is 2.32. The standard InChI is InChI=1S/C13H18FNO/c1-13(2,3)12(16)15(4)9-10-5-7-11(14)8-6-10/h5-8H,9H2,1-4H3. The molecule has 3 heteroatoms. The maximum absolute atomic E-state index is 12.7. The molecule has 0 saturated heterocycles. The van der Waals surface area contributed by atoms with Gasteiger partial charge < -0.3 is 4.90 Å². The van der Waals surface area contributed by atoms with Gasteiger partial charge in [0.2, 0.25) is 5.91 Å². The molecule has 1 rings (SSSR count). The largest absolute Gasteiger partial charge is 0.341 e. The molecule has 0 N–H and O–H groups in total. The molecule has 1 aromatic rings. The minimum Gasteiger partial charge on any atom is -0.341 e. The van der Waals surface area contributed by atoms with Gasteiger partial charge in [-0.15, -0.1) is 0 Å². The molecule has 0 bridgehead atoms. The summed E-state index contributed by atoms with van der Waals surface area (Å²) in [5, 5.41) is 0. The molecule has 1 aromatic carbocycles. The van der Waals surface area contributed by atoms with Gasteiger partial charge in [0.25, 0.3) is 0 Å². The van der Waals surface area contributed by atoms with Crippen LogP contribution >= 0.6 is 0 Å². The van der Waals surface area contributed by atoms with Crippen LogP contribution in [0.5, 0.6) is 0 Å². The zero-order valence-electron chi connectivity index (χ0n) is 10.2. The topological polar surface area (TPSA) is 20.3 Å². The Hall–Kier alpha value is -1.38. The smallest absolute Gasteiger partial charge is 0.227 e. The molecular weight excluding hydrogens is 205 g/mol. The van der Waals surface area contributed by atoms with Crippen molar-refractivity contribution >= 4 is 5.91 Å². The highest BCUT2D eigenvalue weighted by molar-refractivity contribution is 5.81. The van der Waals surface area contributed by atoms with Crippen molar-refractivity contribution in [3.8, 4) is 0 Å². The molecule has 0 spiro atoms. The van der Waals surface area contributed by atoms with Gasteiger partial charge in [-0.3, -0.25) is 4.79 Å². The summed E-state index contributed by atoms with van der Waals surface area (Å²) in [5.74, 6) is -0.176. The summed E-state index contributed by atoms with van der Waals surface area (Å²) >= 11 is 0. The Labute approximate surface area is 96.1 Å². The maximum Gasteiger partial charge on any atom is 0.227 e. The van der Waals surface area contributed by atoms with Gasteiger partial charge >= 0.3 is 0 Å². The van der Waals surface area contributed by atoms with Gasteiger partial charge in [0.1, 0.15) is 5.82 Å². The Morgan fingerprint density at radius 3 is 2.19 bits per heavy atom. The Balaban J connectivity index is 2.68. The molecule has 2 nitrogen and oxygen atoms in total. The molecular formula is C13H18FNO. The van der Waals surface area contributed by atoms with E-state index in [9.17, 15) is 9.18 Å². The van der Waals surface area contributed by atoms with Crippen LogP contribution in [0.15, 0.2) is 24.3 Å². The van der Waals surface area contributed by atoms with Gasteiger partial charge in [-0.25, -0.2) is 4.39 Å². The normalized spacial score (nSPS) is 11.3. The second-order valence-electron chi connectivity index (χ2n) is 5.04. The van der Waals surface area contributed by atoms with Gasteiger partial charge in [0, 0.05) is 19.0 Å². The van der Waals surface area contributed by atoms with E-state index in [2.05, 4.69) is 0 Å². The number of hydrogen-bond acceptors (Lipinski definition) is 1. The number of hydrogen-bond donors (Lipinski definition) is 0. The lowest BCUT2D eigenvalue weighted by molar-refractivity contribution is -0.138. The van der Waals surface area contributed by atoms with Crippen molar-refractivity contribution in [1.29, 1.82) is 0 Å². The number of nitrogens with zero attached hydrogens (tertiary/aromatic N) is 1.